The number of benzene rings is 1. The van der Waals surface area contributed by atoms with E-state index in [1.807, 2.05) is 31.2 Å². The summed E-state index contributed by atoms with van der Waals surface area (Å²) in [7, 11) is 0. The van der Waals surface area contributed by atoms with Gasteiger partial charge < -0.3 is 9.84 Å². The highest BCUT2D eigenvalue weighted by atomic mass is 16.5. The Morgan fingerprint density at radius 3 is 2.14 bits per heavy atom. The second-order valence-electron chi connectivity index (χ2n) is 5.91. The lowest BCUT2D eigenvalue weighted by atomic mass is 9.81. The molecule has 0 radical (unpaired) electrons. The first-order valence-electron chi connectivity index (χ1n) is 8.33. The molecule has 1 saturated heterocycles. The average molecular weight is 291 g/mol. The molecule has 1 unspecified atom stereocenters. The van der Waals surface area contributed by atoms with Gasteiger partial charge in [-0.3, -0.25) is 4.90 Å². The molecule has 1 heterocycles. The third-order valence-corrected chi connectivity index (χ3v) is 4.98. The largest absolute Gasteiger partial charge is 0.494 e. The normalized spacial score (nSPS) is 17.9. The Hall–Kier alpha value is -1.06. The van der Waals surface area contributed by atoms with Crippen molar-refractivity contribution < 1.29 is 9.84 Å². The van der Waals surface area contributed by atoms with E-state index in [2.05, 4.69) is 18.7 Å². The highest BCUT2D eigenvalue weighted by Gasteiger charge is 2.41. The molecular weight excluding hydrogens is 262 g/mol. The molecule has 0 spiro atoms. The van der Waals surface area contributed by atoms with Crippen LogP contribution in [-0.2, 0) is 0 Å². The SMILES string of the molecule is CCOc1ccc(C(O)C(CC)(CC)N2CCCC2)cc1. The minimum absolute atomic E-state index is 0.135. The van der Waals surface area contributed by atoms with Gasteiger partial charge in [0.1, 0.15) is 5.75 Å². The minimum Gasteiger partial charge on any atom is -0.494 e. The van der Waals surface area contributed by atoms with Crippen molar-refractivity contribution in [3.8, 4) is 5.75 Å². The summed E-state index contributed by atoms with van der Waals surface area (Å²) < 4.78 is 5.49. The smallest absolute Gasteiger partial charge is 0.119 e. The fraction of sp³-hybridized carbons (Fsp3) is 0.667. The van der Waals surface area contributed by atoms with E-state index in [0.717, 1.165) is 37.2 Å². The number of hydrogen-bond donors (Lipinski definition) is 1. The standard InChI is InChI=1S/C18H29NO2/c1-4-18(5-2,19-13-7-8-14-19)17(20)15-9-11-16(12-10-15)21-6-3/h9-12,17,20H,4-8,13-14H2,1-3H3. The molecule has 3 nitrogen and oxygen atoms in total. The van der Waals surface area contributed by atoms with Crippen LogP contribution >= 0.6 is 0 Å². The van der Waals surface area contributed by atoms with Crippen LogP contribution in [0.1, 0.15) is 58.1 Å². The number of aliphatic hydroxyl groups is 1. The number of ether oxygens (including phenoxy) is 1. The van der Waals surface area contributed by atoms with Gasteiger partial charge >= 0.3 is 0 Å². The molecule has 1 aromatic rings. The zero-order valence-electron chi connectivity index (χ0n) is 13.6. The maximum atomic E-state index is 11.0. The fourth-order valence-corrected chi connectivity index (χ4v) is 3.64. The van der Waals surface area contributed by atoms with Crippen LogP contribution in [0.4, 0.5) is 0 Å². The van der Waals surface area contributed by atoms with Crippen LogP contribution < -0.4 is 4.74 Å². The van der Waals surface area contributed by atoms with Gasteiger partial charge in [0.2, 0.25) is 0 Å². The van der Waals surface area contributed by atoms with Crippen LogP contribution in [0.5, 0.6) is 5.75 Å². The Morgan fingerprint density at radius 1 is 1.10 bits per heavy atom. The zero-order chi connectivity index (χ0) is 15.3. The predicted molar refractivity (Wildman–Crippen MR) is 86.7 cm³/mol. The molecule has 1 N–H and O–H groups in total. The molecule has 21 heavy (non-hydrogen) atoms. The molecular formula is C18H29NO2. The highest BCUT2D eigenvalue weighted by molar-refractivity contribution is 5.30. The summed E-state index contributed by atoms with van der Waals surface area (Å²) in [6.45, 7) is 9.25. The first kappa shape index (κ1) is 16.3. The summed E-state index contributed by atoms with van der Waals surface area (Å²) in [4.78, 5) is 2.49. The summed E-state index contributed by atoms with van der Waals surface area (Å²) in [6.07, 6.45) is 3.99. The van der Waals surface area contributed by atoms with E-state index in [0.29, 0.717) is 6.61 Å². The van der Waals surface area contributed by atoms with Crippen LogP contribution in [0, 0.1) is 0 Å². The van der Waals surface area contributed by atoms with E-state index in [4.69, 9.17) is 4.74 Å². The van der Waals surface area contributed by atoms with E-state index < -0.39 is 6.10 Å². The zero-order valence-corrected chi connectivity index (χ0v) is 13.6. The second kappa shape index (κ2) is 7.28. The average Bonchev–Trinajstić information content (AvgIpc) is 3.05. The van der Waals surface area contributed by atoms with Gasteiger partial charge in [-0.2, -0.15) is 0 Å². The summed E-state index contributed by atoms with van der Waals surface area (Å²) >= 11 is 0. The van der Waals surface area contributed by atoms with Crippen molar-refractivity contribution in [2.45, 2.75) is 58.1 Å². The summed E-state index contributed by atoms with van der Waals surface area (Å²) in [6, 6.07) is 7.93. The number of hydrogen-bond acceptors (Lipinski definition) is 3. The molecule has 1 aliphatic heterocycles. The molecule has 1 aliphatic rings. The van der Waals surface area contributed by atoms with Crippen molar-refractivity contribution in [2.75, 3.05) is 19.7 Å². The fourth-order valence-electron chi connectivity index (χ4n) is 3.64. The highest BCUT2D eigenvalue weighted by Crippen LogP contribution is 2.39. The van der Waals surface area contributed by atoms with Gasteiger partial charge in [0.05, 0.1) is 18.2 Å². The predicted octanol–water partition coefficient (Wildman–Crippen LogP) is 3.77. The summed E-state index contributed by atoms with van der Waals surface area (Å²) in [5.41, 5.74) is 0.859. The second-order valence-corrected chi connectivity index (χ2v) is 5.91. The molecule has 2 rings (SSSR count). The van der Waals surface area contributed by atoms with E-state index in [9.17, 15) is 5.11 Å². The summed E-state index contributed by atoms with van der Waals surface area (Å²) in [5.74, 6) is 0.869. The lowest BCUT2D eigenvalue weighted by molar-refractivity contribution is -0.0295. The Bertz CT molecular complexity index is 419. The quantitative estimate of drug-likeness (QED) is 0.830. The van der Waals surface area contributed by atoms with E-state index in [1.165, 1.54) is 12.8 Å². The first-order chi connectivity index (χ1) is 10.2. The molecule has 0 saturated carbocycles. The molecule has 0 amide bonds. The third kappa shape index (κ3) is 3.24. The van der Waals surface area contributed by atoms with Gasteiger partial charge in [0.15, 0.2) is 0 Å². The van der Waals surface area contributed by atoms with Crippen LogP contribution in [0.25, 0.3) is 0 Å². The number of likely N-dealkylation sites (tertiary alicyclic amines) is 1. The first-order valence-corrected chi connectivity index (χ1v) is 8.33. The topological polar surface area (TPSA) is 32.7 Å². The number of rotatable bonds is 7. The number of aliphatic hydroxyl groups excluding tert-OH is 1. The van der Waals surface area contributed by atoms with Gasteiger partial charge in [-0.15, -0.1) is 0 Å². The lowest BCUT2D eigenvalue weighted by Crippen LogP contribution is -2.51. The molecule has 118 valence electrons. The molecule has 1 atom stereocenters. The van der Waals surface area contributed by atoms with Gasteiger partial charge in [-0.25, -0.2) is 0 Å². The number of nitrogens with zero attached hydrogens (tertiary/aromatic N) is 1. The maximum Gasteiger partial charge on any atom is 0.119 e. The minimum atomic E-state index is -0.443. The van der Waals surface area contributed by atoms with E-state index in [-0.39, 0.29) is 5.54 Å². The molecule has 0 aliphatic carbocycles. The van der Waals surface area contributed by atoms with Gasteiger partial charge in [0, 0.05) is 0 Å². The van der Waals surface area contributed by atoms with Crippen molar-refractivity contribution in [3.63, 3.8) is 0 Å². The van der Waals surface area contributed by atoms with Crippen LogP contribution in [0.15, 0.2) is 24.3 Å². The Morgan fingerprint density at radius 2 is 1.67 bits per heavy atom. The molecule has 3 heteroatoms. The molecule has 0 aromatic heterocycles. The van der Waals surface area contributed by atoms with Crippen LogP contribution in [0.2, 0.25) is 0 Å². The molecule has 1 fully saturated rings. The van der Waals surface area contributed by atoms with Crippen molar-refractivity contribution in [3.05, 3.63) is 29.8 Å². The maximum absolute atomic E-state index is 11.0. The Labute approximate surface area is 128 Å². The van der Waals surface area contributed by atoms with Crippen molar-refractivity contribution in [2.24, 2.45) is 0 Å². The van der Waals surface area contributed by atoms with Gasteiger partial charge in [-0.05, 0) is 63.4 Å². The van der Waals surface area contributed by atoms with Gasteiger partial charge in [0.25, 0.3) is 0 Å². The van der Waals surface area contributed by atoms with E-state index in [1.54, 1.807) is 0 Å². The third-order valence-electron chi connectivity index (χ3n) is 4.98. The van der Waals surface area contributed by atoms with Crippen LogP contribution in [0.3, 0.4) is 0 Å². The Kier molecular flexibility index (Phi) is 5.65. The Balaban J connectivity index is 2.22. The molecule has 0 bridgehead atoms. The van der Waals surface area contributed by atoms with Crippen molar-refractivity contribution in [1.29, 1.82) is 0 Å². The van der Waals surface area contributed by atoms with Gasteiger partial charge in [-0.1, -0.05) is 26.0 Å². The lowest BCUT2D eigenvalue weighted by Gasteiger charge is -2.44. The van der Waals surface area contributed by atoms with E-state index >= 15 is 0 Å². The summed E-state index contributed by atoms with van der Waals surface area (Å²) in [5, 5.41) is 11.0. The van der Waals surface area contributed by atoms with Crippen molar-refractivity contribution in [1.82, 2.24) is 4.90 Å². The molecule has 1 aromatic carbocycles. The van der Waals surface area contributed by atoms with Crippen LogP contribution in [-0.4, -0.2) is 35.2 Å². The van der Waals surface area contributed by atoms with Crippen molar-refractivity contribution >= 4 is 0 Å². The monoisotopic (exact) mass is 291 g/mol.